The number of alkyl halides is 1. The van der Waals surface area contributed by atoms with Crippen molar-refractivity contribution in [2.75, 3.05) is 5.88 Å². The number of nitrogens with zero attached hydrogens (tertiary/aromatic N) is 2. The standard InChI is InChI=1S/C10H15ClN2O/c11-6-3-1-2-4-8-13-9-12-7-5-10(13)14/h5,7,9H,1-4,6,8H2. The molecule has 0 unspecified atom stereocenters. The van der Waals surface area contributed by atoms with E-state index in [0.29, 0.717) is 0 Å². The second-order valence-corrected chi connectivity index (χ2v) is 3.59. The highest BCUT2D eigenvalue weighted by molar-refractivity contribution is 6.17. The molecule has 3 nitrogen and oxygen atoms in total. The van der Waals surface area contributed by atoms with Crippen molar-refractivity contribution in [3.05, 3.63) is 28.9 Å². The zero-order valence-corrected chi connectivity index (χ0v) is 8.91. The third-order valence-electron chi connectivity index (χ3n) is 2.07. The molecule has 0 radical (unpaired) electrons. The maximum Gasteiger partial charge on any atom is 0.253 e. The Balaban J connectivity index is 2.25. The minimum Gasteiger partial charge on any atom is -0.299 e. The SMILES string of the molecule is O=c1ccncn1CCCCCCCl. The largest absolute Gasteiger partial charge is 0.299 e. The van der Waals surface area contributed by atoms with Crippen LogP contribution in [0, 0.1) is 0 Å². The molecule has 1 rings (SSSR count). The Morgan fingerprint density at radius 2 is 2.07 bits per heavy atom. The van der Waals surface area contributed by atoms with Crippen molar-refractivity contribution < 1.29 is 0 Å². The van der Waals surface area contributed by atoms with Gasteiger partial charge in [0, 0.05) is 24.7 Å². The van der Waals surface area contributed by atoms with Gasteiger partial charge in [0.1, 0.15) is 0 Å². The lowest BCUT2D eigenvalue weighted by atomic mass is 10.2. The maximum atomic E-state index is 11.2. The van der Waals surface area contributed by atoms with E-state index >= 15 is 0 Å². The topological polar surface area (TPSA) is 34.9 Å². The average molecular weight is 215 g/mol. The van der Waals surface area contributed by atoms with Crippen LogP contribution in [0.25, 0.3) is 0 Å². The van der Waals surface area contributed by atoms with E-state index in [1.807, 2.05) is 0 Å². The van der Waals surface area contributed by atoms with E-state index in [1.54, 1.807) is 10.9 Å². The van der Waals surface area contributed by atoms with Gasteiger partial charge in [0.05, 0.1) is 6.33 Å². The first-order chi connectivity index (χ1) is 6.84. The van der Waals surface area contributed by atoms with Gasteiger partial charge < -0.3 is 0 Å². The summed E-state index contributed by atoms with van der Waals surface area (Å²) in [7, 11) is 0. The van der Waals surface area contributed by atoms with Gasteiger partial charge in [-0.1, -0.05) is 12.8 Å². The number of halogens is 1. The zero-order valence-electron chi connectivity index (χ0n) is 8.16. The van der Waals surface area contributed by atoms with Crippen LogP contribution < -0.4 is 5.56 Å². The summed E-state index contributed by atoms with van der Waals surface area (Å²) in [6, 6.07) is 1.48. The Hall–Kier alpha value is -0.830. The highest BCUT2D eigenvalue weighted by atomic mass is 35.5. The Labute approximate surface area is 88.7 Å². The molecule has 0 spiro atoms. The molecule has 0 aliphatic carbocycles. The molecular formula is C10H15ClN2O. The molecule has 78 valence electrons. The molecule has 0 N–H and O–H groups in total. The van der Waals surface area contributed by atoms with Gasteiger partial charge >= 0.3 is 0 Å². The summed E-state index contributed by atoms with van der Waals surface area (Å²) in [5.74, 6) is 0.729. The van der Waals surface area contributed by atoms with Crippen molar-refractivity contribution in [1.29, 1.82) is 0 Å². The molecule has 4 heteroatoms. The minimum atomic E-state index is 0.0253. The molecule has 0 atom stereocenters. The second-order valence-electron chi connectivity index (χ2n) is 3.22. The number of rotatable bonds is 6. The van der Waals surface area contributed by atoms with Gasteiger partial charge in [-0.2, -0.15) is 0 Å². The number of aromatic nitrogens is 2. The molecule has 1 aromatic heterocycles. The van der Waals surface area contributed by atoms with Crippen LogP contribution in [0.3, 0.4) is 0 Å². The summed E-state index contributed by atoms with van der Waals surface area (Å²) in [6.07, 6.45) is 7.44. The summed E-state index contributed by atoms with van der Waals surface area (Å²) in [4.78, 5) is 15.1. The third-order valence-corrected chi connectivity index (χ3v) is 2.34. The van der Waals surface area contributed by atoms with Crippen molar-refractivity contribution in [3.63, 3.8) is 0 Å². The summed E-state index contributed by atoms with van der Waals surface area (Å²) in [6.45, 7) is 0.759. The molecule has 0 saturated carbocycles. The summed E-state index contributed by atoms with van der Waals surface area (Å²) >= 11 is 5.56. The smallest absolute Gasteiger partial charge is 0.253 e. The fraction of sp³-hybridized carbons (Fsp3) is 0.600. The van der Waals surface area contributed by atoms with E-state index in [2.05, 4.69) is 4.98 Å². The molecule has 14 heavy (non-hydrogen) atoms. The molecule has 0 saturated heterocycles. The maximum absolute atomic E-state index is 11.2. The number of unbranched alkanes of at least 4 members (excludes halogenated alkanes) is 3. The van der Waals surface area contributed by atoms with Crippen LogP contribution >= 0.6 is 11.6 Å². The third kappa shape index (κ3) is 3.92. The monoisotopic (exact) mass is 214 g/mol. The van der Waals surface area contributed by atoms with Crippen molar-refractivity contribution in [3.8, 4) is 0 Å². The second kappa shape index (κ2) is 6.60. The Morgan fingerprint density at radius 1 is 1.29 bits per heavy atom. The highest BCUT2D eigenvalue weighted by Crippen LogP contribution is 2.01. The number of hydrogen-bond acceptors (Lipinski definition) is 2. The van der Waals surface area contributed by atoms with Gasteiger partial charge in [0.25, 0.3) is 5.56 Å². The zero-order chi connectivity index (χ0) is 10.2. The van der Waals surface area contributed by atoms with E-state index in [9.17, 15) is 4.79 Å². The molecule has 0 aromatic carbocycles. The van der Waals surface area contributed by atoms with Crippen LogP contribution in [-0.4, -0.2) is 15.4 Å². The summed E-state index contributed by atoms with van der Waals surface area (Å²) < 4.78 is 1.64. The number of hydrogen-bond donors (Lipinski definition) is 0. The predicted molar refractivity (Wildman–Crippen MR) is 57.7 cm³/mol. The van der Waals surface area contributed by atoms with Crippen LogP contribution in [0.5, 0.6) is 0 Å². The first-order valence-corrected chi connectivity index (χ1v) is 5.44. The van der Waals surface area contributed by atoms with Crippen LogP contribution in [0.4, 0.5) is 0 Å². The van der Waals surface area contributed by atoms with Crippen LogP contribution in [0.1, 0.15) is 25.7 Å². The molecule has 1 heterocycles. The van der Waals surface area contributed by atoms with E-state index in [0.717, 1.165) is 38.1 Å². The van der Waals surface area contributed by atoms with Gasteiger partial charge in [0.2, 0.25) is 0 Å². The minimum absolute atomic E-state index is 0.0253. The lowest BCUT2D eigenvalue weighted by molar-refractivity contribution is 0.565. The van der Waals surface area contributed by atoms with E-state index in [1.165, 1.54) is 12.3 Å². The fourth-order valence-corrected chi connectivity index (χ4v) is 1.47. The van der Waals surface area contributed by atoms with Crippen molar-refractivity contribution >= 4 is 11.6 Å². The summed E-state index contributed by atoms with van der Waals surface area (Å²) in [5, 5.41) is 0. The molecule has 1 aromatic rings. The Bertz CT molecular complexity index is 311. The quantitative estimate of drug-likeness (QED) is 0.537. The fourth-order valence-electron chi connectivity index (χ4n) is 1.28. The lowest BCUT2D eigenvalue weighted by Crippen LogP contribution is -2.18. The van der Waals surface area contributed by atoms with Gasteiger partial charge in [-0.3, -0.25) is 9.36 Å². The molecule has 0 amide bonds. The average Bonchev–Trinajstić information content (AvgIpc) is 2.20. The van der Waals surface area contributed by atoms with Crippen molar-refractivity contribution in [2.45, 2.75) is 32.2 Å². The van der Waals surface area contributed by atoms with Crippen LogP contribution in [0.15, 0.2) is 23.4 Å². The van der Waals surface area contributed by atoms with E-state index < -0.39 is 0 Å². The lowest BCUT2D eigenvalue weighted by Gasteiger charge is -2.03. The van der Waals surface area contributed by atoms with Crippen molar-refractivity contribution in [1.82, 2.24) is 9.55 Å². The van der Waals surface area contributed by atoms with Crippen LogP contribution in [0.2, 0.25) is 0 Å². The summed E-state index contributed by atoms with van der Waals surface area (Å²) in [5.41, 5.74) is 0.0253. The Kier molecular flexibility index (Phi) is 5.30. The van der Waals surface area contributed by atoms with Gasteiger partial charge in [0.15, 0.2) is 0 Å². The van der Waals surface area contributed by atoms with E-state index in [-0.39, 0.29) is 5.56 Å². The molecule has 0 aliphatic rings. The van der Waals surface area contributed by atoms with E-state index in [4.69, 9.17) is 11.6 Å². The highest BCUT2D eigenvalue weighted by Gasteiger charge is 1.94. The molecular weight excluding hydrogens is 200 g/mol. The Morgan fingerprint density at radius 3 is 2.79 bits per heavy atom. The molecule has 0 fully saturated rings. The first-order valence-electron chi connectivity index (χ1n) is 4.91. The molecule has 0 bridgehead atoms. The van der Waals surface area contributed by atoms with Crippen LogP contribution in [-0.2, 0) is 6.54 Å². The van der Waals surface area contributed by atoms with Crippen molar-refractivity contribution in [2.24, 2.45) is 0 Å². The van der Waals surface area contributed by atoms with Gasteiger partial charge in [-0.05, 0) is 12.8 Å². The van der Waals surface area contributed by atoms with Gasteiger partial charge in [-0.15, -0.1) is 11.6 Å². The van der Waals surface area contributed by atoms with Gasteiger partial charge in [-0.25, -0.2) is 4.98 Å². The molecule has 0 aliphatic heterocycles. The number of aryl methyl sites for hydroxylation is 1. The predicted octanol–water partition coefficient (Wildman–Crippen LogP) is 2.04. The first kappa shape index (κ1) is 11.2. The normalized spacial score (nSPS) is 10.4.